The van der Waals surface area contributed by atoms with Gasteiger partial charge < -0.3 is 5.32 Å². The smallest absolute Gasteiger partial charge is 0.323 e. The molecule has 1 saturated heterocycles. The summed E-state index contributed by atoms with van der Waals surface area (Å²) in [6.45, 7) is 0. The van der Waals surface area contributed by atoms with Crippen molar-refractivity contribution in [2.45, 2.75) is 10.3 Å². The lowest BCUT2D eigenvalue weighted by molar-refractivity contribution is -0.136. The van der Waals surface area contributed by atoms with Gasteiger partial charge >= 0.3 is 6.18 Å². The first-order valence-electron chi connectivity index (χ1n) is 5.25. The van der Waals surface area contributed by atoms with Crippen molar-refractivity contribution in [3.05, 3.63) is 29.3 Å². The highest BCUT2D eigenvalue weighted by Gasteiger charge is 2.52. The molecule has 1 amide bonds. The normalized spacial score (nSPS) is 21.2. The van der Waals surface area contributed by atoms with Gasteiger partial charge in [-0.2, -0.15) is 13.2 Å². The minimum absolute atomic E-state index is 0.0723. The third-order valence-electron chi connectivity index (χ3n) is 2.96. The molecule has 18 heavy (non-hydrogen) atoms. The maximum absolute atomic E-state index is 12.9. The fraction of sp³-hybridized carbons (Fsp3) is 0.364. The zero-order chi connectivity index (χ0) is 13.0. The van der Waals surface area contributed by atoms with E-state index in [0.29, 0.717) is 5.56 Å². The van der Waals surface area contributed by atoms with Crippen LogP contribution in [0.3, 0.4) is 0 Å². The summed E-state index contributed by atoms with van der Waals surface area (Å²) >= 11 is 2.81. The maximum atomic E-state index is 12.9. The number of hydrogen-bond acceptors (Lipinski definition) is 3. The maximum Gasteiger partial charge on any atom is 0.418 e. The standard InChI is InChI=1S/C11H8F3NOS2/c12-11(13,14)7-3-1-2-6-8(7)15-9(16)10(6)17-4-5-18-10/h1-3H,4-5H2,(H,15,16). The zero-order valence-electron chi connectivity index (χ0n) is 9.00. The molecule has 3 rings (SSSR count). The molecular weight excluding hydrogens is 283 g/mol. The summed E-state index contributed by atoms with van der Waals surface area (Å²) in [4.78, 5) is 12.0. The molecule has 2 nitrogen and oxygen atoms in total. The lowest BCUT2D eigenvalue weighted by Gasteiger charge is -2.19. The number of fused-ring (bicyclic) bond motifs is 2. The Morgan fingerprint density at radius 3 is 2.50 bits per heavy atom. The number of benzene rings is 1. The number of thioether (sulfide) groups is 2. The van der Waals surface area contributed by atoms with Gasteiger partial charge in [0.25, 0.3) is 5.91 Å². The largest absolute Gasteiger partial charge is 0.418 e. The van der Waals surface area contributed by atoms with Gasteiger partial charge in [0, 0.05) is 17.1 Å². The molecule has 0 aromatic heterocycles. The number of amides is 1. The van der Waals surface area contributed by atoms with Gasteiger partial charge in [-0.15, -0.1) is 23.5 Å². The van der Waals surface area contributed by atoms with E-state index in [1.807, 2.05) is 0 Å². The number of para-hydroxylation sites is 1. The summed E-state index contributed by atoms with van der Waals surface area (Å²) in [5, 5.41) is 2.40. The average molecular weight is 291 g/mol. The molecule has 0 radical (unpaired) electrons. The molecule has 1 fully saturated rings. The van der Waals surface area contributed by atoms with E-state index in [1.165, 1.54) is 29.6 Å². The highest BCUT2D eigenvalue weighted by molar-refractivity contribution is 8.21. The minimum atomic E-state index is -4.45. The summed E-state index contributed by atoms with van der Waals surface area (Å²) in [5.41, 5.74) is -0.384. The van der Waals surface area contributed by atoms with Gasteiger partial charge in [-0.05, 0) is 6.07 Å². The van der Waals surface area contributed by atoms with Gasteiger partial charge in [-0.25, -0.2) is 0 Å². The van der Waals surface area contributed by atoms with E-state index in [2.05, 4.69) is 5.32 Å². The van der Waals surface area contributed by atoms with Crippen LogP contribution in [0.1, 0.15) is 11.1 Å². The number of carbonyl (C=O) groups is 1. The lowest BCUT2D eigenvalue weighted by Crippen LogP contribution is -2.24. The Hall–Kier alpha value is -0.820. The van der Waals surface area contributed by atoms with Crippen molar-refractivity contribution in [2.75, 3.05) is 16.8 Å². The van der Waals surface area contributed by atoms with E-state index < -0.39 is 15.8 Å². The topological polar surface area (TPSA) is 29.1 Å². The predicted octanol–water partition coefficient (Wildman–Crippen LogP) is 3.29. The second kappa shape index (κ2) is 3.84. The summed E-state index contributed by atoms with van der Waals surface area (Å²) < 4.78 is 37.8. The first kappa shape index (κ1) is 12.2. The molecule has 2 heterocycles. The third kappa shape index (κ3) is 1.56. The van der Waals surface area contributed by atoms with Crippen LogP contribution in [0.4, 0.5) is 18.9 Å². The molecule has 0 bridgehead atoms. The van der Waals surface area contributed by atoms with Gasteiger partial charge in [-0.3, -0.25) is 4.79 Å². The zero-order valence-corrected chi connectivity index (χ0v) is 10.6. The molecule has 0 saturated carbocycles. The molecule has 0 aliphatic carbocycles. The number of carbonyl (C=O) groups excluding carboxylic acids is 1. The molecule has 1 aromatic carbocycles. The quantitative estimate of drug-likeness (QED) is 0.795. The van der Waals surface area contributed by atoms with Gasteiger partial charge in [-0.1, -0.05) is 12.1 Å². The van der Waals surface area contributed by atoms with Gasteiger partial charge in [0.15, 0.2) is 4.08 Å². The van der Waals surface area contributed by atoms with Crippen LogP contribution in [0, 0.1) is 0 Å². The second-order valence-electron chi connectivity index (χ2n) is 3.99. The van der Waals surface area contributed by atoms with Crippen LogP contribution in [-0.4, -0.2) is 17.4 Å². The molecule has 2 aliphatic rings. The molecular formula is C11H8F3NOS2. The number of hydrogen-bond donors (Lipinski definition) is 1. The van der Waals surface area contributed by atoms with Crippen LogP contribution in [0.2, 0.25) is 0 Å². The summed E-state index contributed by atoms with van der Waals surface area (Å²) in [6.07, 6.45) is -4.45. The minimum Gasteiger partial charge on any atom is -0.323 e. The number of anilines is 1. The number of alkyl halides is 3. The van der Waals surface area contributed by atoms with Crippen LogP contribution in [0.25, 0.3) is 0 Å². The van der Waals surface area contributed by atoms with Crippen LogP contribution < -0.4 is 5.32 Å². The van der Waals surface area contributed by atoms with E-state index in [4.69, 9.17) is 0 Å². The fourth-order valence-corrected chi connectivity index (χ4v) is 5.31. The highest BCUT2D eigenvalue weighted by atomic mass is 32.2. The first-order valence-corrected chi connectivity index (χ1v) is 7.22. The Labute approximate surface area is 110 Å². The summed E-state index contributed by atoms with van der Waals surface area (Å²) in [6, 6.07) is 3.97. The van der Waals surface area contributed by atoms with Gasteiger partial charge in [0.2, 0.25) is 0 Å². The number of nitrogens with one attached hydrogen (secondary N) is 1. The lowest BCUT2D eigenvalue weighted by atomic mass is 10.1. The molecule has 1 aromatic rings. The van der Waals surface area contributed by atoms with Crippen LogP contribution in [0.5, 0.6) is 0 Å². The SMILES string of the molecule is O=C1Nc2c(C(F)(F)F)cccc2C12SCCS2. The van der Waals surface area contributed by atoms with Crippen molar-refractivity contribution in [3.8, 4) is 0 Å². The number of halogens is 3. The fourth-order valence-electron chi connectivity index (χ4n) is 2.21. The van der Waals surface area contributed by atoms with E-state index in [-0.39, 0.29) is 11.6 Å². The van der Waals surface area contributed by atoms with Crippen LogP contribution >= 0.6 is 23.5 Å². The van der Waals surface area contributed by atoms with Crippen LogP contribution in [-0.2, 0) is 15.0 Å². The Morgan fingerprint density at radius 2 is 1.89 bits per heavy atom. The number of rotatable bonds is 0. The van der Waals surface area contributed by atoms with Crippen LogP contribution in [0.15, 0.2) is 18.2 Å². The van der Waals surface area contributed by atoms with Gasteiger partial charge in [0.1, 0.15) is 0 Å². The predicted molar refractivity (Wildman–Crippen MR) is 66.7 cm³/mol. The van der Waals surface area contributed by atoms with E-state index in [0.717, 1.165) is 17.6 Å². The molecule has 7 heteroatoms. The highest BCUT2D eigenvalue weighted by Crippen LogP contribution is 2.59. The Balaban J connectivity index is 2.19. The van der Waals surface area contributed by atoms with Gasteiger partial charge in [0.05, 0.1) is 11.3 Å². The van der Waals surface area contributed by atoms with E-state index in [1.54, 1.807) is 6.07 Å². The van der Waals surface area contributed by atoms with E-state index >= 15 is 0 Å². The first-order chi connectivity index (χ1) is 8.45. The van der Waals surface area contributed by atoms with E-state index in [9.17, 15) is 18.0 Å². The van der Waals surface area contributed by atoms with Crippen molar-refractivity contribution in [2.24, 2.45) is 0 Å². The monoisotopic (exact) mass is 291 g/mol. The van der Waals surface area contributed by atoms with Crippen molar-refractivity contribution in [3.63, 3.8) is 0 Å². The Bertz CT molecular complexity index is 524. The Morgan fingerprint density at radius 1 is 1.22 bits per heavy atom. The molecule has 96 valence electrons. The summed E-state index contributed by atoms with van der Waals surface area (Å²) in [7, 11) is 0. The molecule has 2 aliphatic heterocycles. The van der Waals surface area contributed by atoms with Crippen molar-refractivity contribution in [1.29, 1.82) is 0 Å². The van der Waals surface area contributed by atoms with Crippen molar-refractivity contribution in [1.82, 2.24) is 0 Å². The van der Waals surface area contributed by atoms with Crippen molar-refractivity contribution >= 4 is 35.1 Å². The molecule has 0 unspecified atom stereocenters. The average Bonchev–Trinajstić information content (AvgIpc) is 2.86. The molecule has 1 spiro atoms. The summed E-state index contributed by atoms with van der Waals surface area (Å²) in [5.74, 6) is 1.20. The molecule has 1 N–H and O–H groups in total. The second-order valence-corrected chi connectivity index (χ2v) is 6.87. The Kier molecular flexibility index (Phi) is 2.60. The third-order valence-corrected chi connectivity index (χ3v) is 6.36. The molecule has 0 atom stereocenters. The van der Waals surface area contributed by atoms with Crippen molar-refractivity contribution < 1.29 is 18.0 Å².